The maximum Gasteiger partial charge on any atom is 0.122 e. The molecule has 0 saturated heterocycles. The maximum atomic E-state index is 9.83. The molecule has 3 N–H and O–H groups in total. The summed E-state index contributed by atoms with van der Waals surface area (Å²) in [6.45, 7) is 2.96. The molecule has 0 aromatic heterocycles. The number of phenolic OH excluding ortho intramolecular Hbond substituents is 2. The smallest absolute Gasteiger partial charge is 0.122 e. The van der Waals surface area contributed by atoms with Gasteiger partial charge in [-0.3, -0.25) is 0 Å². The molecule has 3 aromatic carbocycles. The second-order valence-corrected chi connectivity index (χ2v) is 7.81. The van der Waals surface area contributed by atoms with Gasteiger partial charge in [-0.15, -0.1) is 0 Å². The molecule has 0 aliphatic heterocycles. The third kappa shape index (κ3) is 6.37. The molecular weight excluding hydrogens is 416 g/mol. The van der Waals surface area contributed by atoms with Gasteiger partial charge in [0.1, 0.15) is 17.2 Å². The van der Waals surface area contributed by atoms with Crippen molar-refractivity contribution in [2.75, 3.05) is 26.9 Å². The summed E-state index contributed by atoms with van der Waals surface area (Å²) in [5.74, 6) is 1.24. The molecule has 174 valence electrons. The molecule has 0 aliphatic rings. The van der Waals surface area contributed by atoms with Crippen LogP contribution in [0.2, 0.25) is 0 Å². The van der Waals surface area contributed by atoms with Crippen LogP contribution in [0.25, 0.3) is 11.1 Å². The van der Waals surface area contributed by atoms with Crippen LogP contribution in [0.3, 0.4) is 0 Å². The van der Waals surface area contributed by atoms with Crippen molar-refractivity contribution < 1.29 is 24.8 Å². The topological polar surface area (TPSA) is 79.2 Å². The van der Waals surface area contributed by atoms with Crippen LogP contribution in [-0.2, 0) is 11.2 Å². The van der Waals surface area contributed by atoms with E-state index >= 15 is 0 Å². The first kappa shape index (κ1) is 24.4. The standard InChI is InChI=1S/C28H32O5/c1-3-4-26(22-9-14-27(32-2)23(19-22)15-17-33-18-16-29)28(20-5-10-24(30)11-6-20)21-7-12-25(31)13-8-21/h5-14,19,29-31H,3-4,15-18H2,1-2H3. The fourth-order valence-electron chi connectivity index (χ4n) is 3.95. The van der Waals surface area contributed by atoms with Crippen LogP contribution in [0.1, 0.15) is 42.0 Å². The summed E-state index contributed by atoms with van der Waals surface area (Å²) < 4.78 is 11.1. The average molecular weight is 449 g/mol. The number of aliphatic hydroxyl groups is 1. The van der Waals surface area contributed by atoms with Crippen molar-refractivity contribution in [3.8, 4) is 17.2 Å². The van der Waals surface area contributed by atoms with E-state index in [1.165, 1.54) is 5.57 Å². The van der Waals surface area contributed by atoms with Crippen molar-refractivity contribution in [3.05, 3.63) is 89.0 Å². The van der Waals surface area contributed by atoms with E-state index in [2.05, 4.69) is 19.1 Å². The predicted molar refractivity (Wildman–Crippen MR) is 132 cm³/mol. The molecule has 0 amide bonds. The van der Waals surface area contributed by atoms with Gasteiger partial charge in [0, 0.05) is 0 Å². The Labute approximate surface area is 195 Å². The van der Waals surface area contributed by atoms with Crippen molar-refractivity contribution in [2.45, 2.75) is 26.2 Å². The fraction of sp³-hybridized carbons (Fsp3) is 0.286. The highest BCUT2D eigenvalue weighted by Crippen LogP contribution is 2.37. The van der Waals surface area contributed by atoms with Crippen LogP contribution in [-0.4, -0.2) is 42.3 Å². The van der Waals surface area contributed by atoms with Crippen LogP contribution in [0.5, 0.6) is 17.2 Å². The van der Waals surface area contributed by atoms with Crippen LogP contribution in [0.15, 0.2) is 66.7 Å². The van der Waals surface area contributed by atoms with E-state index in [4.69, 9.17) is 14.6 Å². The Kier molecular flexibility index (Phi) is 8.93. The van der Waals surface area contributed by atoms with Crippen LogP contribution in [0, 0.1) is 0 Å². The Hall–Kier alpha value is -3.28. The summed E-state index contributed by atoms with van der Waals surface area (Å²) in [4.78, 5) is 0. The normalized spacial score (nSPS) is 10.8. The largest absolute Gasteiger partial charge is 0.508 e. The van der Waals surface area contributed by atoms with Gasteiger partial charge in [-0.1, -0.05) is 43.7 Å². The number of allylic oxidation sites excluding steroid dienone is 1. The minimum atomic E-state index is 0.00316. The highest BCUT2D eigenvalue weighted by Gasteiger charge is 2.16. The Morgan fingerprint density at radius 1 is 0.788 bits per heavy atom. The van der Waals surface area contributed by atoms with Gasteiger partial charge < -0.3 is 24.8 Å². The Balaban J connectivity index is 2.16. The first-order valence-electron chi connectivity index (χ1n) is 11.2. The third-order valence-corrected chi connectivity index (χ3v) is 5.49. The molecule has 5 nitrogen and oxygen atoms in total. The van der Waals surface area contributed by atoms with Crippen molar-refractivity contribution in [2.24, 2.45) is 0 Å². The number of aliphatic hydroxyl groups excluding tert-OH is 1. The Bertz CT molecular complexity index is 1010. The number of aromatic hydroxyl groups is 2. The first-order valence-corrected chi connectivity index (χ1v) is 11.2. The molecule has 0 saturated carbocycles. The number of phenols is 2. The van der Waals surface area contributed by atoms with E-state index in [0.717, 1.165) is 46.4 Å². The lowest BCUT2D eigenvalue weighted by molar-refractivity contribution is 0.0941. The molecular formula is C28H32O5. The number of rotatable bonds is 11. The zero-order valence-electron chi connectivity index (χ0n) is 19.3. The van der Waals surface area contributed by atoms with Gasteiger partial charge in [0.15, 0.2) is 0 Å². The number of benzene rings is 3. The van der Waals surface area contributed by atoms with E-state index in [1.54, 1.807) is 31.4 Å². The Morgan fingerprint density at radius 2 is 1.36 bits per heavy atom. The lowest BCUT2D eigenvalue weighted by atomic mass is 9.86. The van der Waals surface area contributed by atoms with Gasteiger partial charge in [-0.2, -0.15) is 0 Å². The van der Waals surface area contributed by atoms with Gasteiger partial charge >= 0.3 is 0 Å². The minimum Gasteiger partial charge on any atom is -0.508 e. The molecule has 0 aliphatic carbocycles. The highest BCUT2D eigenvalue weighted by atomic mass is 16.5. The second kappa shape index (κ2) is 12.1. The van der Waals surface area contributed by atoms with Gasteiger partial charge in [0.25, 0.3) is 0 Å². The number of methoxy groups -OCH3 is 1. The second-order valence-electron chi connectivity index (χ2n) is 7.81. The summed E-state index contributed by atoms with van der Waals surface area (Å²) in [5.41, 5.74) is 6.35. The highest BCUT2D eigenvalue weighted by molar-refractivity contribution is 5.98. The zero-order chi connectivity index (χ0) is 23.6. The molecule has 5 heteroatoms. The summed E-state index contributed by atoms with van der Waals surface area (Å²) in [6.07, 6.45) is 2.48. The monoisotopic (exact) mass is 448 g/mol. The van der Waals surface area contributed by atoms with Crippen molar-refractivity contribution in [3.63, 3.8) is 0 Å². The molecule has 0 bridgehead atoms. The number of ether oxygens (including phenoxy) is 2. The maximum absolute atomic E-state index is 9.83. The first-order chi connectivity index (χ1) is 16.1. The minimum absolute atomic E-state index is 0.00316. The summed E-state index contributed by atoms with van der Waals surface area (Å²) in [5, 5.41) is 28.6. The summed E-state index contributed by atoms with van der Waals surface area (Å²) >= 11 is 0. The van der Waals surface area contributed by atoms with Crippen molar-refractivity contribution >= 4 is 11.1 Å². The molecule has 3 rings (SSSR count). The van der Waals surface area contributed by atoms with Gasteiger partial charge in [-0.05, 0) is 82.6 Å². The number of hydrogen-bond acceptors (Lipinski definition) is 5. The van der Waals surface area contributed by atoms with Crippen molar-refractivity contribution in [1.29, 1.82) is 0 Å². The van der Waals surface area contributed by atoms with Crippen LogP contribution in [0.4, 0.5) is 0 Å². The molecule has 0 unspecified atom stereocenters. The number of hydrogen-bond donors (Lipinski definition) is 3. The van der Waals surface area contributed by atoms with Crippen LogP contribution >= 0.6 is 0 Å². The summed E-state index contributed by atoms with van der Waals surface area (Å²) in [6, 6.07) is 20.6. The van der Waals surface area contributed by atoms with E-state index in [0.29, 0.717) is 19.6 Å². The Morgan fingerprint density at radius 3 is 1.88 bits per heavy atom. The molecule has 0 fully saturated rings. The SMILES string of the molecule is CCCC(=C(c1ccc(O)cc1)c1ccc(O)cc1)c1ccc(OC)c(CCOCCO)c1. The molecule has 3 aromatic rings. The lowest BCUT2D eigenvalue weighted by Crippen LogP contribution is -2.05. The van der Waals surface area contributed by atoms with E-state index in [1.807, 2.05) is 30.3 Å². The van der Waals surface area contributed by atoms with E-state index in [-0.39, 0.29) is 18.1 Å². The molecule has 0 heterocycles. The van der Waals surface area contributed by atoms with Crippen molar-refractivity contribution in [1.82, 2.24) is 0 Å². The molecule has 0 spiro atoms. The zero-order valence-corrected chi connectivity index (χ0v) is 19.3. The fourth-order valence-corrected chi connectivity index (χ4v) is 3.95. The molecule has 33 heavy (non-hydrogen) atoms. The quantitative estimate of drug-likeness (QED) is 0.270. The van der Waals surface area contributed by atoms with E-state index < -0.39 is 0 Å². The van der Waals surface area contributed by atoms with Gasteiger partial charge in [0.2, 0.25) is 0 Å². The lowest BCUT2D eigenvalue weighted by Gasteiger charge is -2.19. The van der Waals surface area contributed by atoms with Gasteiger partial charge in [-0.25, -0.2) is 0 Å². The summed E-state index contributed by atoms with van der Waals surface area (Å²) in [7, 11) is 1.66. The van der Waals surface area contributed by atoms with Crippen LogP contribution < -0.4 is 4.74 Å². The average Bonchev–Trinajstić information content (AvgIpc) is 2.83. The molecule has 0 radical (unpaired) electrons. The van der Waals surface area contributed by atoms with E-state index in [9.17, 15) is 10.2 Å². The third-order valence-electron chi connectivity index (χ3n) is 5.49. The molecule has 0 atom stereocenters. The predicted octanol–water partition coefficient (Wildman–Crippen LogP) is 5.42. The van der Waals surface area contributed by atoms with Gasteiger partial charge in [0.05, 0.1) is 26.9 Å².